The lowest BCUT2D eigenvalue weighted by Gasteiger charge is -2.20. The van der Waals surface area contributed by atoms with E-state index in [1.54, 1.807) is 42.5 Å². The van der Waals surface area contributed by atoms with Crippen molar-refractivity contribution in [2.24, 2.45) is 0 Å². The summed E-state index contributed by atoms with van der Waals surface area (Å²) in [5.74, 6) is 0.445. The molecule has 216 valence electrons. The van der Waals surface area contributed by atoms with Crippen LogP contribution in [0.1, 0.15) is 57.4 Å². The highest BCUT2D eigenvalue weighted by atomic mass is 35.5. The van der Waals surface area contributed by atoms with Gasteiger partial charge >= 0.3 is 15.3 Å². The van der Waals surface area contributed by atoms with Gasteiger partial charge < -0.3 is 9.05 Å². The molecule has 0 aliphatic carbocycles. The van der Waals surface area contributed by atoms with E-state index in [0.717, 1.165) is 50.5 Å². The van der Waals surface area contributed by atoms with Crippen molar-refractivity contribution in [3.05, 3.63) is 70.7 Å². The number of unbranched alkanes of at least 4 members (excludes halogenated alkanes) is 4. The number of aryl methyl sites for hydroxylation is 1. The lowest BCUT2D eigenvalue weighted by Crippen LogP contribution is -2.18. The Morgan fingerprint density at radius 2 is 1.64 bits per heavy atom. The highest BCUT2D eigenvalue weighted by Gasteiger charge is 2.27. The number of halogens is 2. The Balaban J connectivity index is 1.77. The summed E-state index contributed by atoms with van der Waals surface area (Å²) in [5.41, 5.74) is 0.987. The van der Waals surface area contributed by atoms with Gasteiger partial charge in [-0.1, -0.05) is 73.7 Å². The Hall–Kier alpha value is -1.63. The summed E-state index contributed by atoms with van der Waals surface area (Å²) in [6.07, 6.45) is 8.05. The first-order valence-electron chi connectivity index (χ1n) is 13.0. The second kappa shape index (κ2) is 17.9. The average molecular weight is 620 g/mol. The van der Waals surface area contributed by atoms with Crippen molar-refractivity contribution in [3.63, 3.8) is 0 Å². The van der Waals surface area contributed by atoms with Crippen LogP contribution >= 0.6 is 38.5 Å². The molecular weight excluding hydrogens is 583 g/mol. The Morgan fingerprint density at radius 1 is 0.897 bits per heavy atom. The molecule has 0 aliphatic rings. The van der Waals surface area contributed by atoms with Crippen molar-refractivity contribution < 1.29 is 32.0 Å². The maximum Gasteiger partial charge on any atom is 0.458 e. The number of carbonyl (C=O) groups is 1. The average Bonchev–Trinajstić information content (AvgIpc) is 2.91. The minimum absolute atomic E-state index is 0.0581. The standard InChI is InChI=1S/C27H37Cl2NO7P2/c1-3-5-19-34-38(32,22-31)36-27-17-16-23(21-25(27)29)13-9-7-8-12-18-30-39(33,35-20-6-4-2)37-26-15-11-10-14-24(26)28/h3,10-11,14-17,21-22H,1,4-9,12-13,18-20H2,2H3,(H,30,33). The molecule has 0 aromatic heterocycles. The highest BCUT2D eigenvalue weighted by molar-refractivity contribution is 7.69. The Morgan fingerprint density at radius 3 is 2.33 bits per heavy atom. The third kappa shape index (κ3) is 12.6. The summed E-state index contributed by atoms with van der Waals surface area (Å²) in [6, 6.07) is 12.2. The van der Waals surface area contributed by atoms with Crippen molar-refractivity contribution in [1.29, 1.82) is 0 Å². The van der Waals surface area contributed by atoms with E-state index >= 15 is 0 Å². The van der Waals surface area contributed by atoms with E-state index in [4.69, 9.17) is 41.3 Å². The highest BCUT2D eigenvalue weighted by Crippen LogP contribution is 2.48. The molecule has 0 saturated heterocycles. The van der Waals surface area contributed by atoms with Crippen LogP contribution in [-0.4, -0.2) is 25.8 Å². The third-order valence-electron chi connectivity index (χ3n) is 5.46. The number of hydrogen-bond donors (Lipinski definition) is 1. The normalized spacial score (nSPS) is 14.2. The molecule has 2 aromatic rings. The first kappa shape index (κ1) is 33.6. The van der Waals surface area contributed by atoms with E-state index in [9.17, 15) is 13.9 Å². The van der Waals surface area contributed by atoms with Gasteiger partial charge in [0.25, 0.3) is 0 Å². The van der Waals surface area contributed by atoms with E-state index in [2.05, 4.69) is 11.7 Å². The van der Waals surface area contributed by atoms with Gasteiger partial charge in [0.2, 0.25) is 6.03 Å². The molecule has 39 heavy (non-hydrogen) atoms. The zero-order valence-electron chi connectivity index (χ0n) is 22.2. The molecule has 1 N–H and O–H groups in total. The van der Waals surface area contributed by atoms with Crippen LogP contribution in [0.3, 0.4) is 0 Å². The fourth-order valence-electron chi connectivity index (χ4n) is 3.36. The first-order valence-corrected chi connectivity index (χ1v) is 16.9. The quantitative estimate of drug-likeness (QED) is 0.0639. The molecule has 2 rings (SSSR count). The van der Waals surface area contributed by atoms with Gasteiger partial charge in [0.1, 0.15) is 11.5 Å². The predicted octanol–water partition coefficient (Wildman–Crippen LogP) is 9.04. The van der Waals surface area contributed by atoms with Gasteiger partial charge in [-0.05, 0) is 61.9 Å². The molecule has 2 atom stereocenters. The molecule has 2 unspecified atom stereocenters. The Bertz CT molecular complexity index is 1150. The molecule has 0 amide bonds. The number of hydrogen-bond acceptors (Lipinski definition) is 7. The molecule has 0 radical (unpaired) electrons. The van der Waals surface area contributed by atoms with Gasteiger partial charge in [-0.15, -0.1) is 6.58 Å². The molecular formula is C27H37Cl2NO7P2. The molecule has 0 bridgehead atoms. The Kier molecular flexibility index (Phi) is 15.4. The van der Waals surface area contributed by atoms with E-state index in [1.807, 2.05) is 13.0 Å². The summed E-state index contributed by atoms with van der Waals surface area (Å²) < 4.78 is 47.3. The van der Waals surface area contributed by atoms with E-state index < -0.39 is 15.3 Å². The van der Waals surface area contributed by atoms with Crippen LogP contribution in [0.25, 0.3) is 0 Å². The maximum atomic E-state index is 13.2. The van der Waals surface area contributed by atoms with Crippen molar-refractivity contribution in [1.82, 2.24) is 5.09 Å². The van der Waals surface area contributed by atoms with Gasteiger partial charge in [-0.25, -0.2) is 14.2 Å². The van der Waals surface area contributed by atoms with Gasteiger partial charge in [0.15, 0.2) is 0 Å². The van der Waals surface area contributed by atoms with E-state index in [0.29, 0.717) is 30.3 Å². The van der Waals surface area contributed by atoms with Crippen molar-refractivity contribution >= 4 is 44.6 Å². The molecule has 0 heterocycles. The summed E-state index contributed by atoms with van der Waals surface area (Å²) in [6.45, 7) is 6.43. The number of carbonyl (C=O) groups excluding carboxylic acids is 1. The van der Waals surface area contributed by atoms with Crippen LogP contribution < -0.4 is 14.1 Å². The molecule has 0 saturated carbocycles. The lowest BCUT2D eigenvalue weighted by molar-refractivity contribution is 0.251. The minimum atomic E-state index is -3.94. The van der Waals surface area contributed by atoms with Gasteiger partial charge in [-0.3, -0.25) is 13.8 Å². The monoisotopic (exact) mass is 619 g/mol. The van der Waals surface area contributed by atoms with Crippen molar-refractivity contribution in [3.8, 4) is 11.5 Å². The predicted molar refractivity (Wildman–Crippen MR) is 158 cm³/mol. The van der Waals surface area contributed by atoms with Crippen LogP contribution in [0.4, 0.5) is 0 Å². The number of nitrogens with one attached hydrogen (secondary N) is 1. The van der Waals surface area contributed by atoms with Crippen molar-refractivity contribution in [2.45, 2.75) is 58.3 Å². The lowest BCUT2D eigenvalue weighted by atomic mass is 10.1. The second-order valence-corrected chi connectivity index (χ2v) is 13.0. The second-order valence-electron chi connectivity index (χ2n) is 8.69. The smallest absolute Gasteiger partial charge is 0.418 e. The minimum Gasteiger partial charge on any atom is -0.418 e. The van der Waals surface area contributed by atoms with Crippen LogP contribution in [0.5, 0.6) is 11.5 Å². The Labute approximate surface area is 241 Å². The van der Waals surface area contributed by atoms with Gasteiger partial charge in [0, 0.05) is 6.54 Å². The van der Waals surface area contributed by atoms with Crippen LogP contribution in [0.2, 0.25) is 10.0 Å². The SMILES string of the molecule is C=CCCOP(=O)(C=O)Oc1ccc(CCCCCCNP(=O)(OCCCC)Oc2ccccc2Cl)cc1Cl. The van der Waals surface area contributed by atoms with Gasteiger partial charge in [-0.2, -0.15) is 0 Å². The molecule has 8 nitrogen and oxygen atoms in total. The van der Waals surface area contributed by atoms with Crippen LogP contribution in [0, 0.1) is 0 Å². The number of benzene rings is 2. The van der Waals surface area contributed by atoms with Gasteiger partial charge in [0.05, 0.1) is 23.3 Å². The van der Waals surface area contributed by atoms with Crippen LogP contribution in [-0.2, 0) is 29.4 Å². The topological polar surface area (TPSA) is 100 Å². The fourth-order valence-corrected chi connectivity index (χ4v) is 6.26. The van der Waals surface area contributed by atoms with Crippen LogP contribution in [0.15, 0.2) is 55.1 Å². The summed E-state index contributed by atoms with van der Waals surface area (Å²) in [5, 5.41) is 3.57. The number of rotatable bonds is 21. The molecule has 0 fully saturated rings. The third-order valence-corrected chi connectivity index (χ3v) is 8.89. The molecule has 0 aliphatic heterocycles. The van der Waals surface area contributed by atoms with E-state index in [-0.39, 0.29) is 23.4 Å². The number of para-hydroxylation sites is 1. The molecule has 0 spiro atoms. The summed E-state index contributed by atoms with van der Waals surface area (Å²) in [7, 11) is -7.49. The largest absolute Gasteiger partial charge is 0.458 e. The maximum absolute atomic E-state index is 13.2. The zero-order valence-corrected chi connectivity index (χ0v) is 25.5. The van der Waals surface area contributed by atoms with E-state index in [1.165, 1.54) is 0 Å². The molecule has 2 aromatic carbocycles. The fraction of sp³-hybridized carbons (Fsp3) is 0.444. The summed E-state index contributed by atoms with van der Waals surface area (Å²) >= 11 is 12.4. The summed E-state index contributed by atoms with van der Waals surface area (Å²) in [4.78, 5) is 11.2. The molecule has 12 heteroatoms. The van der Waals surface area contributed by atoms with Crippen molar-refractivity contribution in [2.75, 3.05) is 19.8 Å². The first-order chi connectivity index (χ1) is 18.7. The zero-order chi connectivity index (χ0) is 28.6.